The minimum Gasteiger partial charge on any atom is -0.381 e. The minimum absolute atomic E-state index is 0.364. The Morgan fingerprint density at radius 2 is 1.90 bits per heavy atom. The van der Waals surface area contributed by atoms with Crippen LogP contribution in [0, 0.1) is 5.92 Å². The van der Waals surface area contributed by atoms with Crippen molar-refractivity contribution in [2.75, 3.05) is 39.4 Å². The number of nitrogens with one attached hydrogen (secondary N) is 2. The van der Waals surface area contributed by atoms with Gasteiger partial charge in [0.05, 0.1) is 11.4 Å². The molecule has 0 aromatic heterocycles. The summed E-state index contributed by atoms with van der Waals surface area (Å²) in [6, 6.07) is 7.08. The molecule has 162 valence electrons. The number of aliphatic imine (C=N–C) groups is 1. The van der Waals surface area contributed by atoms with Gasteiger partial charge in [0, 0.05) is 39.4 Å². The van der Waals surface area contributed by atoms with Gasteiger partial charge in [-0.2, -0.15) is 4.31 Å². The van der Waals surface area contributed by atoms with Crippen molar-refractivity contribution in [2.45, 2.75) is 50.5 Å². The number of hydrogen-bond acceptors (Lipinski definition) is 4. The molecule has 0 radical (unpaired) electrons. The Labute approximate surface area is 175 Å². The molecule has 1 saturated heterocycles. The molecule has 2 N–H and O–H groups in total. The largest absolute Gasteiger partial charge is 0.381 e. The van der Waals surface area contributed by atoms with Crippen molar-refractivity contribution in [3.05, 3.63) is 29.8 Å². The van der Waals surface area contributed by atoms with Gasteiger partial charge in [-0.1, -0.05) is 12.1 Å². The van der Waals surface area contributed by atoms with E-state index >= 15 is 0 Å². The summed E-state index contributed by atoms with van der Waals surface area (Å²) in [5.74, 6) is 1.57. The van der Waals surface area contributed by atoms with Crippen molar-refractivity contribution in [1.82, 2.24) is 14.9 Å². The van der Waals surface area contributed by atoms with Gasteiger partial charge in [-0.3, -0.25) is 0 Å². The third kappa shape index (κ3) is 6.97. The van der Waals surface area contributed by atoms with Crippen molar-refractivity contribution in [1.29, 1.82) is 0 Å². The highest BCUT2D eigenvalue weighted by Crippen LogP contribution is 2.28. The van der Waals surface area contributed by atoms with E-state index in [-0.39, 0.29) is 0 Å². The molecule has 1 heterocycles. The lowest BCUT2D eigenvalue weighted by atomic mass is 10.2. The summed E-state index contributed by atoms with van der Waals surface area (Å²) in [5, 5.41) is 6.56. The Morgan fingerprint density at radius 1 is 1.17 bits per heavy atom. The SMILES string of the molecule is CCNC(=NCc1ccc(S(=O)(=O)N2CCCC2)cc1)NCCCOCC1CC1. The van der Waals surface area contributed by atoms with Crippen molar-refractivity contribution in [3.8, 4) is 0 Å². The summed E-state index contributed by atoms with van der Waals surface area (Å²) < 4.78 is 32.4. The molecular weight excluding hydrogens is 388 g/mol. The first-order valence-corrected chi connectivity index (χ1v) is 12.2. The van der Waals surface area contributed by atoms with Crippen LogP contribution < -0.4 is 10.6 Å². The van der Waals surface area contributed by atoms with E-state index in [2.05, 4.69) is 15.6 Å². The molecule has 8 heteroatoms. The van der Waals surface area contributed by atoms with E-state index in [0.717, 1.165) is 63.0 Å². The first-order valence-electron chi connectivity index (χ1n) is 10.8. The molecule has 1 aromatic carbocycles. The molecule has 0 amide bonds. The highest BCUT2D eigenvalue weighted by atomic mass is 32.2. The molecule has 29 heavy (non-hydrogen) atoms. The van der Waals surface area contributed by atoms with E-state index in [9.17, 15) is 8.42 Å². The number of hydrogen-bond donors (Lipinski definition) is 2. The van der Waals surface area contributed by atoms with Crippen LogP contribution >= 0.6 is 0 Å². The lowest BCUT2D eigenvalue weighted by Crippen LogP contribution is -2.38. The maximum atomic E-state index is 12.6. The van der Waals surface area contributed by atoms with Crippen LogP contribution in [0.25, 0.3) is 0 Å². The smallest absolute Gasteiger partial charge is 0.243 e. The number of benzene rings is 1. The number of sulfonamides is 1. The lowest BCUT2D eigenvalue weighted by Gasteiger charge is -2.15. The molecule has 1 aliphatic carbocycles. The van der Waals surface area contributed by atoms with Crippen molar-refractivity contribution >= 4 is 16.0 Å². The van der Waals surface area contributed by atoms with Gasteiger partial charge < -0.3 is 15.4 Å². The van der Waals surface area contributed by atoms with E-state index in [0.29, 0.717) is 24.5 Å². The summed E-state index contributed by atoms with van der Waals surface area (Å²) in [6.07, 6.45) is 5.47. The van der Waals surface area contributed by atoms with Gasteiger partial charge in [0.25, 0.3) is 0 Å². The summed E-state index contributed by atoms with van der Waals surface area (Å²) in [7, 11) is -3.36. The molecule has 1 aliphatic heterocycles. The summed E-state index contributed by atoms with van der Waals surface area (Å²) in [4.78, 5) is 4.97. The monoisotopic (exact) mass is 422 g/mol. The lowest BCUT2D eigenvalue weighted by molar-refractivity contribution is 0.123. The van der Waals surface area contributed by atoms with Gasteiger partial charge in [-0.15, -0.1) is 0 Å². The molecule has 2 fully saturated rings. The predicted octanol–water partition coefficient (Wildman–Crippen LogP) is 2.34. The summed E-state index contributed by atoms with van der Waals surface area (Å²) in [5.41, 5.74) is 0.982. The van der Waals surface area contributed by atoms with Gasteiger partial charge in [0.2, 0.25) is 10.0 Å². The molecule has 0 atom stereocenters. The van der Waals surface area contributed by atoms with Crippen LogP contribution in [-0.4, -0.2) is 58.1 Å². The van der Waals surface area contributed by atoms with Crippen LogP contribution in [0.3, 0.4) is 0 Å². The second-order valence-corrected chi connectivity index (χ2v) is 9.69. The van der Waals surface area contributed by atoms with E-state index in [1.54, 1.807) is 16.4 Å². The zero-order chi connectivity index (χ0) is 20.5. The first kappa shape index (κ1) is 22.1. The number of ether oxygens (including phenoxy) is 1. The average Bonchev–Trinajstić information content (AvgIpc) is 3.37. The number of rotatable bonds is 11. The molecule has 2 aliphatic rings. The molecule has 0 spiro atoms. The molecule has 0 bridgehead atoms. The van der Waals surface area contributed by atoms with E-state index < -0.39 is 10.0 Å². The highest BCUT2D eigenvalue weighted by molar-refractivity contribution is 7.89. The fraction of sp³-hybridized carbons (Fsp3) is 0.667. The maximum absolute atomic E-state index is 12.6. The molecule has 3 rings (SSSR count). The Bertz CT molecular complexity index is 755. The molecule has 7 nitrogen and oxygen atoms in total. The molecule has 0 unspecified atom stereocenters. The van der Waals surface area contributed by atoms with Gasteiger partial charge in [-0.25, -0.2) is 13.4 Å². The second-order valence-electron chi connectivity index (χ2n) is 7.75. The third-order valence-corrected chi connectivity index (χ3v) is 7.11. The van der Waals surface area contributed by atoms with E-state index in [1.165, 1.54) is 12.8 Å². The van der Waals surface area contributed by atoms with Crippen molar-refractivity contribution < 1.29 is 13.2 Å². The van der Waals surface area contributed by atoms with E-state index in [1.807, 2.05) is 19.1 Å². The average molecular weight is 423 g/mol. The predicted molar refractivity (Wildman–Crippen MR) is 115 cm³/mol. The summed E-state index contributed by atoms with van der Waals surface area (Å²) >= 11 is 0. The van der Waals surface area contributed by atoms with E-state index in [4.69, 9.17) is 4.74 Å². The van der Waals surface area contributed by atoms with Gasteiger partial charge in [-0.05, 0) is 62.6 Å². The fourth-order valence-electron chi connectivity index (χ4n) is 3.27. The van der Waals surface area contributed by atoms with Crippen LogP contribution in [0.1, 0.15) is 44.6 Å². The Kier molecular flexibility index (Phi) is 8.32. The van der Waals surface area contributed by atoms with Gasteiger partial charge in [0.1, 0.15) is 0 Å². The van der Waals surface area contributed by atoms with Gasteiger partial charge in [0.15, 0.2) is 5.96 Å². The third-order valence-electron chi connectivity index (χ3n) is 5.20. The standard InChI is InChI=1S/C21H34N4O3S/c1-2-22-21(23-12-5-15-28-17-19-6-7-19)24-16-18-8-10-20(11-9-18)29(26,27)25-13-3-4-14-25/h8-11,19H,2-7,12-17H2,1H3,(H2,22,23,24). The molecule has 1 aromatic rings. The first-order chi connectivity index (χ1) is 14.1. The highest BCUT2D eigenvalue weighted by Gasteiger charge is 2.26. The zero-order valence-corrected chi connectivity index (χ0v) is 18.2. The molecule has 1 saturated carbocycles. The Hall–Kier alpha value is -1.64. The quantitative estimate of drug-likeness (QED) is 0.325. The van der Waals surface area contributed by atoms with Crippen LogP contribution in [-0.2, 0) is 21.3 Å². The minimum atomic E-state index is -3.36. The maximum Gasteiger partial charge on any atom is 0.243 e. The number of guanidine groups is 1. The fourth-order valence-corrected chi connectivity index (χ4v) is 4.79. The number of nitrogens with zero attached hydrogens (tertiary/aromatic N) is 2. The van der Waals surface area contributed by atoms with Crippen molar-refractivity contribution in [3.63, 3.8) is 0 Å². The molecular formula is C21H34N4O3S. The summed E-state index contributed by atoms with van der Waals surface area (Å²) in [6.45, 7) is 7.05. The van der Waals surface area contributed by atoms with Gasteiger partial charge >= 0.3 is 0 Å². The second kappa shape index (κ2) is 10.9. The zero-order valence-electron chi connectivity index (χ0n) is 17.4. The van der Waals surface area contributed by atoms with Crippen LogP contribution in [0.5, 0.6) is 0 Å². The topological polar surface area (TPSA) is 83.0 Å². The Balaban J connectivity index is 1.46. The van der Waals surface area contributed by atoms with Crippen molar-refractivity contribution in [2.24, 2.45) is 10.9 Å². The van der Waals surface area contributed by atoms with Crippen LogP contribution in [0.15, 0.2) is 34.2 Å². The Morgan fingerprint density at radius 3 is 2.55 bits per heavy atom. The van der Waals surface area contributed by atoms with Crippen LogP contribution in [0.2, 0.25) is 0 Å². The van der Waals surface area contributed by atoms with Crippen LogP contribution in [0.4, 0.5) is 0 Å². The normalized spacial score (nSPS) is 18.2.